The Bertz CT molecular complexity index is 1380. The van der Waals surface area contributed by atoms with E-state index >= 15 is 0 Å². The number of aryl methyl sites for hydroxylation is 1. The Labute approximate surface area is 204 Å². The summed E-state index contributed by atoms with van der Waals surface area (Å²) in [6.45, 7) is 1.67. The van der Waals surface area contributed by atoms with Crippen LogP contribution in [0.3, 0.4) is 0 Å². The van der Waals surface area contributed by atoms with Crippen molar-refractivity contribution in [2.75, 3.05) is 4.90 Å². The third-order valence-corrected chi connectivity index (χ3v) is 6.37. The Morgan fingerprint density at radius 3 is 2.49 bits per heavy atom. The van der Waals surface area contributed by atoms with Crippen molar-refractivity contribution in [3.8, 4) is 5.69 Å². The molecule has 1 saturated heterocycles. The lowest BCUT2D eigenvalue weighted by Gasteiger charge is -2.29. The molecule has 0 aliphatic carbocycles. The van der Waals surface area contributed by atoms with Crippen molar-refractivity contribution in [2.24, 2.45) is 0 Å². The van der Waals surface area contributed by atoms with Gasteiger partial charge < -0.3 is 14.8 Å². The van der Waals surface area contributed by atoms with Crippen LogP contribution in [0.15, 0.2) is 85.2 Å². The zero-order valence-electron chi connectivity index (χ0n) is 18.5. The number of thiocarbonyl (C=S) groups is 1. The summed E-state index contributed by atoms with van der Waals surface area (Å²) in [6.07, 6.45) is -1.07. The van der Waals surface area contributed by atoms with Crippen molar-refractivity contribution in [2.45, 2.75) is 25.2 Å². The first-order chi connectivity index (χ1) is 16.7. The first-order valence-corrected chi connectivity index (χ1v) is 11.3. The van der Waals surface area contributed by atoms with Crippen LogP contribution in [0.2, 0.25) is 0 Å². The van der Waals surface area contributed by atoms with Gasteiger partial charge in [0.1, 0.15) is 11.9 Å². The van der Waals surface area contributed by atoms with E-state index in [1.54, 1.807) is 54.2 Å². The van der Waals surface area contributed by atoms with Crippen LogP contribution in [0.5, 0.6) is 0 Å². The first-order valence-electron chi connectivity index (χ1n) is 10.9. The van der Waals surface area contributed by atoms with Gasteiger partial charge in [-0.25, -0.2) is 4.39 Å². The number of anilines is 1. The molecule has 178 valence electrons. The predicted octanol–water partition coefficient (Wildman–Crippen LogP) is 6.52. The number of hydrogen-bond acceptors (Lipinski definition) is 2. The summed E-state index contributed by atoms with van der Waals surface area (Å²) < 4.78 is 56.0. The average Bonchev–Trinajstić information content (AvgIpc) is 3.45. The highest BCUT2D eigenvalue weighted by atomic mass is 32.1. The van der Waals surface area contributed by atoms with Gasteiger partial charge in [-0.1, -0.05) is 12.1 Å². The summed E-state index contributed by atoms with van der Waals surface area (Å²) in [5, 5.41) is 3.72. The monoisotopic (exact) mass is 496 g/mol. The van der Waals surface area contributed by atoms with Gasteiger partial charge in [0.2, 0.25) is 0 Å². The van der Waals surface area contributed by atoms with Crippen LogP contribution in [0, 0.1) is 12.7 Å². The largest absolute Gasteiger partial charge is 0.416 e. The van der Waals surface area contributed by atoms with Gasteiger partial charge in [0.25, 0.3) is 0 Å². The summed E-state index contributed by atoms with van der Waals surface area (Å²) in [7, 11) is 0. The molecule has 0 radical (unpaired) electrons. The molecular weight excluding hydrogens is 476 g/mol. The highest BCUT2D eigenvalue weighted by Gasteiger charge is 2.42. The number of rotatable bonds is 4. The van der Waals surface area contributed by atoms with E-state index in [4.69, 9.17) is 12.2 Å². The molecule has 4 aromatic rings. The normalized spacial score (nSPS) is 18.1. The second kappa shape index (κ2) is 8.81. The Morgan fingerprint density at radius 1 is 0.943 bits per heavy atom. The lowest BCUT2D eigenvalue weighted by atomic mass is 10.0. The Hall–Kier alpha value is -3.72. The van der Waals surface area contributed by atoms with Gasteiger partial charge in [-0.2, -0.15) is 13.2 Å². The van der Waals surface area contributed by atoms with Crippen molar-refractivity contribution in [3.05, 3.63) is 114 Å². The fourth-order valence-corrected chi connectivity index (χ4v) is 4.76. The summed E-state index contributed by atoms with van der Waals surface area (Å²) >= 11 is 5.69. The maximum atomic E-state index is 14.0. The molecule has 1 fully saturated rings. The minimum atomic E-state index is -4.46. The van der Waals surface area contributed by atoms with Gasteiger partial charge in [-0.15, -0.1) is 0 Å². The van der Waals surface area contributed by atoms with E-state index in [-0.39, 0.29) is 5.82 Å². The minimum absolute atomic E-state index is 0.336. The van der Waals surface area contributed by atoms with Crippen molar-refractivity contribution in [3.63, 3.8) is 0 Å². The van der Waals surface area contributed by atoms with Crippen LogP contribution in [-0.2, 0) is 6.18 Å². The highest BCUT2D eigenvalue weighted by molar-refractivity contribution is 7.80. The first kappa shape index (κ1) is 23.0. The fraction of sp³-hybridized carbons (Fsp3) is 0.154. The smallest absolute Gasteiger partial charge is 0.351 e. The summed E-state index contributed by atoms with van der Waals surface area (Å²) in [4.78, 5) is 6.36. The number of nitrogens with zero attached hydrogens (tertiary/aromatic N) is 3. The predicted molar refractivity (Wildman–Crippen MR) is 130 cm³/mol. The minimum Gasteiger partial charge on any atom is -0.351 e. The average molecular weight is 497 g/mol. The third-order valence-electron chi connectivity index (χ3n) is 6.05. The van der Waals surface area contributed by atoms with E-state index in [0.29, 0.717) is 27.7 Å². The lowest BCUT2D eigenvalue weighted by molar-refractivity contribution is -0.137. The molecule has 5 rings (SSSR count). The zero-order valence-corrected chi connectivity index (χ0v) is 19.3. The topological polar surface area (TPSA) is 33.1 Å². The maximum absolute atomic E-state index is 14.0. The van der Waals surface area contributed by atoms with E-state index in [0.717, 1.165) is 17.8 Å². The Morgan fingerprint density at radius 2 is 1.77 bits per heavy atom. The molecule has 1 N–H and O–H groups in total. The molecule has 1 aliphatic heterocycles. The maximum Gasteiger partial charge on any atom is 0.416 e. The number of pyridine rings is 1. The molecule has 3 heterocycles. The quantitative estimate of drug-likeness (QED) is 0.258. The van der Waals surface area contributed by atoms with Gasteiger partial charge >= 0.3 is 6.18 Å². The van der Waals surface area contributed by atoms with Gasteiger partial charge in [-0.05, 0) is 85.4 Å². The molecular formula is C26H20F4N4S. The molecule has 0 bridgehead atoms. The van der Waals surface area contributed by atoms with Crippen molar-refractivity contribution in [1.29, 1.82) is 0 Å². The zero-order chi connectivity index (χ0) is 24.7. The molecule has 0 amide bonds. The number of nitrogens with one attached hydrogen (secondary N) is 1. The molecule has 2 aromatic heterocycles. The van der Waals surface area contributed by atoms with Crippen LogP contribution in [0.1, 0.15) is 34.6 Å². The lowest BCUT2D eigenvalue weighted by Crippen LogP contribution is -2.30. The van der Waals surface area contributed by atoms with E-state index < -0.39 is 23.8 Å². The van der Waals surface area contributed by atoms with E-state index in [2.05, 4.69) is 10.3 Å². The molecule has 2 aromatic carbocycles. The van der Waals surface area contributed by atoms with Crippen molar-refractivity contribution < 1.29 is 17.6 Å². The summed E-state index contributed by atoms with van der Waals surface area (Å²) in [5.74, 6) is -0.336. The highest BCUT2D eigenvalue weighted by Crippen LogP contribution is 2.42. The van der Waals surface area contributed by atoms with Crippen LogP contribution in [0.25, 0.3) is 5.69 Å². The summed E-state index contributed by atoms with van der Waals surface area (Å²) in [5.41, 5.74) is 2.18. The van der Waals surface area contributed by atoms with E-state index in [9.17, 15) is 17.6 Å². The van der Waals surface area contributed by atoms with Crippen LogP contribution >= 0.6 is 12.2 Å². The number of benzene rings is 2. The van der Waals surface area contributed by atoms with Crippen LogP contribution in [-0.4, -0.2) is 14.7 Å². The molecule has 0 spiro atoms. The Kier molecular flexibility index (Phi) is 5.80. The standard InChI is InChI=1S/C26H20F4N4S/c1-16-14-19(10-11-20(16)27)34-24(23(32-25(34)35)21-8-2-3-12-31-21)22-9-5-13-33(22)18-7-4-6-17(15-18)26(28,29)30/h2-15,23-24H,1H3,(H,32,35)/t23-,24+/m1/s1. The number of halogens is 4. The van der Waals surface area contributed by atoms with Crippen molar-refractivity contribution >= 4 is 23.0 Å². The molecule has 2 atom stereocenters. The molecule has 1 aliphatic rings. The second-order valence-electron chi connectivity index (χ2n) is 8.28. The molecule has 0 unspecified atom stereocenters. The van der Waals surface area contributed by atoms with Crippen LogP contribution < -0.4 is 10.2 Å². The number of alkyl halides is 3. The number of hydrogen-bond donors (Lipinski definition) is 1. The second-order valence-corrected chi connectivity index (χ2v) is 8.67. The molecule has 9 heteroatoms. The van der Waals surface area contributed by atoms with E-state index in [1.807, 2.05) is 23.1 Å². The van der Waals surface area contributed by atoms with Crippen LogP contribution in [0.4, 0.5) is 23.2 Å². The molecule has 35 heavy (non-hydrogen) atoms. The SMILES string of the molecule is Cc1cc(N2C(=S)N[C@H](c3ccccn3)[C@@H]2c2cccn2-c2cccc(C(F)(F)F)c2)ccc1F. The molecule has 0 saturated carbocycles. The van der Waals surface area contributed by atoms with Gasteiger partial charge in [0, 0.05) is 29.5 Å². The van der Waals surface area contributed by atoms with Gasteiger partial charge in [0.05, 0.1) is 17.3 Å². The van der Waals surface area contributed by atoms with Gasteiger partial charge in [0.15, 0.2) is 5.11 Å². The van der Waals surface area contributed by atoms with Crippen molar-refractivity contribution in [1.82, 2.24) is 14.9 Å². The Balaban J connectivity index is 1.67. The molecule has 4 nitrogen and oxygen atoms in total. The fourth-order valence-electron chi connectivity index (χ4n) is 4.41. The third kappa shape index (κ3) is 4.27. The summed E-state index contributed by atoms with van der Waals surface area (Å²) in [6, 6.07) is 18.2. The van der Waals surface area contributed by atoms with E-state index in [1.165, 1.54) is 12.1 Å². The number of aromatic nitrogens is 2. The van der Waals surface area contributed by atoms with Gasteiger partial charge in [-0.3, -0.25) is 4.98 Å².